The van der Waals surface area contributed by atoms with Gasteiger partial charge < -0.3 is 10.6 Å². The van der Waals surface area contributed by atoms with E-state index < -0.39 is 0 Å². The van der Waals surface area contributed by atoms with Crippen molar-refractivity contribution in [2.24, 2.45) is 5.73 Å². The van der Waals surface area contributed by atoms with Gasteiger partial charge in [0.05, 0.1) is 11.6 Å². The van der Waals surface area contributed by atoms with Gasteiger partial charge in [0.25, 0.3) is 0 Å². The summed E-state index contributed by atoms with van der Waals surface area (Å²) in [5.41, 5.74) is 8.32. The lowest BCUT2D eigenvalue weighted by atomic mass is 9.94. The first-order chi connectivity index (χ1) is 9.68. The third kappa shape index (κ3) is 2.16. The number of fused-ring (bicyclic) bond motifs is 1. The van der Waals surface area contributed by atoms with Crippen molar-refractivity contribution in [1.29, 1.82) is 0 Å². The van der Waals surface area contributed by atoms with Crippen LogP contribution in [0, 0.1) is 0 Å². The van der Waals surface area contributed by atoms with Gasteiger partial charge in [-0.05, 0) is 18.9 Å². The molecule has 0 radical (unpaired) electrons. The number of amides is 1. The molecule has 1 aliphatic rings. The molecule has 20 heavy (non-hydrogen) atoms. The van der Waals surface area contributed by atoms with E-state index in [0.717, 1.165) is 29.3 Å². The normalized spacial score (nSPS) is 23.9. The standard InChI is InChI=1S/C16H19N3O/c1-19-14(20)9-3-8-13(17)16(19)12-7-2-5-11-6-4-10-18-15(11)12/h2,4-7,10,13,16H,3,8-9,17H2,1H3. The molecule has 4 heteroatoms. The van der Waals surface area contributed by atoms with E-state index in [2.05, 4.69) is 4.98 Å². The van der Waals surface area contributed by atoms with Gasteiger partial charge in [0.1, 0.15) is 0 Å². The topological polar surface area (TPSA) is 59.2 Å². The predicted molar refractivity (Wildman–Crippen MR) is 79.1 cm³/mol. The molecule has 104 valence electrons. The molecule has 2 aromatic rings. The first-order valence-corrected chi connectivity index (χ1v) is 7.03. The Kier molecular flexibility index (Phi) is 3.40. The molecule has 2 atom stereocenters. The summed E-state index contributed by atoms with van der Waals surface area (Å²) < 4.78 is 0. The van der Waals surface area contributed by atoms with Crippen molar-refractivity contribution < 1.29 is 4.79 Å². The van der Waals surface area contributed by atoms with Crippen molar-refractivity contribution in [2.75, 3.05) is 7.05 Å². The molecule has 4 nitrogen and oxygen atoms in total. The number of rotatable bonds is 1. The number of aromatic nitrogens is 1. The number of benzene rings is 1. The Hall–Kier alpha value is -1.94. The summed E-state index contributed by atoms with van der Waals surface area (Å²) in [7, 11) is 1.85. The van der Waals surface area contributed by atoms with Gasteiger partial charge in [-0.3, -0.25) is 9.78 Å². The quantitative estimate of drug-likeness (QED) is 0.863. The summed E-state index contributed by atoms with van der Waals surface area (Å²) >= 11 is 0. The van der Waals surface area contributed by atoms with Crippen LogP contribution in [-0.4, -0.2) is 28.9 Å². The molecule has 0 bridgehead atoms. The number of carbonyl (C=O) groups is 1. The Labute approximate surface area is 118 Å². The molecule has 0 saturated carbocycles. The van der Waals surface area contributed by atoms with Crippen LogP contribution in [0.25, 0.3) is 10.9 Å². The van der Waals surface area contributed by atoms with Crippen LogP contribution in [0.4, 0.5) is 0 Å². The molecule has 1 aromatic carbocycles. The molecule has 0 aliphatic carbocycles. The fourth-order valence-corrected chi connectivity index (χ4v) is 3.07. The van der Waals surface area contributed by atoms with E-state index in [1.165, 1.54) is 0 Å². The number of likely N-dealkylation sites (N-methyl/N-ethyl adjacent to an activating group) is 1. The number of nitrogens with zero attached hydrogens (tertiary/aromatic N) is 2. The van der Waals surface area contributed by atoms with E-state index in [9.17, 15) is 4.79 Å². The molecular weight excluding hydrogens is 250 g/mol. The third-order valence-electron chi connectivity index (χ3n) is 4.13. The molecule has 3 rings (SSSR count). The lowest BCUT2D eigenvalue weighted by Crippen LogP contribution is -2.39. The second-order valence-electron chi connectivity index (χ2n) is 5.43. The molecule has 2 N–H and O–H groups in total. The highest BCUT2D eigenvalue weighted by Crippen LogP contribution is 2.32. The minimum Gasteiger partial charge on any atom is -0.337 e. The van der Waals surface area contributed by atoms with Gasteiger partial charge in [0, 0.05) is 36.7 Å². The number of hydrogen-bond donors (Lipinski definition) is 1. The Balaban J connectivity index is 2.14. The van der Waals surface area contributed by atoms with E-state index in [0.29, 0.717) is 6.42 Å². The maximum absolute atomic E-state index is 12.1. The lowest BCUT2D eigenvalue weighted by molar-refractivity contribution is -0.131. The smallest absolute Gasteiger partial charge is 0.222 e. The number of likely N-dealkylation sites (tertiary alicyclic amines) is 1. The highest BCUT2D eigenvalue weighted by Gasteiger charge is 2.31. The molecular formula is C16H19N3O. The maximum atomic E-state index is 12.1. The van der Waals surface area contributed by atoms with Gasteiger partial charge in [0.15, 0.2) is 0 Å². The Bertz CT molecular complexity index is 635. The van der Waals surface area contributed by atoms with Crippen LogP contribution in [0.5, 0.6) is 0 Å². The van der Waals surface area contributed by atoms with Gasteiger partial charge in [0.2, 0.25) is 5.91 Å². The summed E-state index contributed by atoms with van der Waals surface area (Å²) in [5.74, 6) is 0.163. The minimum absolute atomic E-state index is 0.0425. The van der Waals surface area contributed by atoms with Crippen molar-refractivity contribution >= 4 is 16.8 Å². The van der Waals surface area contributed by atoms with Crippen LogP contribution in [0.2, 0.25) is 0 Å². The summed E-state index contributed by atoms with van der Waals surface area (Å²) in [6.07, 6.45) is 4.10. The van der Waals surface area contributed by atoms with Gasteiger partial charge in [-0.2, -0.15) is 0 Å². The van der Waals surface area contributed by atoms with Gasteiger partial charge >= 0.3 is 0 Å². The molecule has 1 fully saturated rings. The van der Waals surface area contributed by atoms with Gasteiger partial charge in [-0.15, -0.1) is 0 Å². The van der Waals surface area contributed by atoms with Crippen molar-refractivity contribution in [1.82, 2.24) is 9.88 Å². The number of hydrogen-bond acceptors (Lipinski definition) is 3. The summed E-state index contributed by atoms with van der Waals surface area (Å²) in [4.78, 5) is 18.4. The van der Waals surface area contributed by atoms with Crippen LogP contribution < -0.4 is 5.73 Å². The zero-order valence-electron chi connectivity index (χ0n) is 11.6. The monoisotopic (exact) mass is 269 g/mol. The SMILES string of the molecule is CN1C(=O)CCCC(N)C1c1cccc2cccnc12. The molecule has 2 unspecified atom stereocenters. The minimum atomic E-state index is -0.0939. The van der Waals surface area contributed by atoms with Crippen molar-refractivity contribution in [3.8, 4) is 0 Å². The van der Waals surface area contributed by atoms with Crippen molar-refractivity contribution in [2.45, 2.75) is 31.3 Å². The highest BCUT2D eigenvalue weighted by atomic mass is 16.2. The second-order valence-corrected chi connectivity index (χ2v) is 5.43. The van der Waals surface area contributed by atoms with Gasteiger partial charge in [-0.1, -0.05) is 24.3 Å². The average Bonchev–Trinajstić information content (AvgIpc) is 2.58. The third-order valence-corrected chi connectivity index (χ3v) is 4.13. The van der Waals surface area contributed by atoms with E-state index in [1.54, 1.807) is 11.1 Å². The molecule has 2 heterocycles. The maximum Gasteiger partial charge on any atom is 0.222 e. The zero-order chi connectivity index (χ0) is 14.1. The van der Waals surface area contributed by atoms with E-state index in [-0.39, 0.29) is 18.0 Å². The van der Waals surface area contributed by atoms with E-state index in [4.69, 9.17) is 5.73 Å². The zero-order valence-corrected chi connectivity index (χ0v) is 11.6. The fourth-order valence-electron chi connectivity index (χ4n) is 3.07. The van der Waals surface area contributed by atoms with Crippen LogP contribution in [0.3, 0.4) is 0 Å². The molecule has 1 aromatic heterocycles. The summed E-state index contributed by atoms with van der Waals surface area (Å²) in [6.45, 7) is 0. The summed E-state index contributed by atoms with van der Waals surface area (Å²) in [6, 6.07) is 9.91. The predicted octanol–water partition coefficient (Wildman–Crippen LogP) is 2.25. The Morgan fingerprint density at radius 3 is 2.95 bits per heavy atom. The van der Waals surface area contributed by atoms with Crippen LogP contribution in [-0.2, 0) is 4.79 Å². The fraction of sp³-hybridized carbons (Fsp3) is 0.375. The van der Waals surface area contributed by atoms with Gasteiger partial charge in [-0.25, -0.2) is 0 Å². The first-order valence-electron chi connectivity index (χ1n) is 7.03. The lowest BCUT2D eigenvalue weighted by Gasteiger charge is -2.31. The molecule has 1 amide bonds. The number of para-hydroxylation sites is 1. The molecule has 1 aliphatic heterocycles. The molecule has 0 spiro atoms. The summed E-state index contributed by atoms with van der Waals surface area (Å²) in [5, 5.41) is 1.09. The number of carbonyl (C=O) groups excluding carboxylic acids is 1. The number of nitrogens with two attached hydrogens (primary N) is 1. The Morgan fingerprint density at radius 2 is 2.10 bits per heavy atom. The van der Waals surface area contributed by atoms with Crippen LogP contribution >= 0.6 is 0 Å². The average molecular weight is 269 g/mol. The largest absolute Gasteiger partial charge is 0.337 e. The van der Waals surface area contributed by atoms with Crippen LogP contribution in [0.15, 0.2) is 36.5 Å². The first kappa shape index (κ1) is 13.1. The number of pyridine rings is 1. The molecule has 1 saturated heterocycles. The van der Waals surface area contributed by atoms with Crippen molar-refractivity contribution in [3.05, 3.63) is 42.1 Å². The van der Waals surface area contributed by atoms with E-state index >= 15 is 0 Å². The van der Waals surface area contributed by atoms with Crippen molar-refractivity contribution in [3.63, 3.8) is 0 Å². The second kappa shape index (κ2) is 5.21. The van der Waals surface area contributed by atoms with E-state index in [1.807, 2.05) is 37.4 Å². The van der Waals surface area contributed by atoms with Crippen LogP contribution in [0.1, 0.15) is 30.9 Å². The highest BCUT2D eigenvalue weighted by molar-refractivity contribution is 5.83. The Morgan fingerprint density at radius 1 is 1.30 bits per heavy atom.